The maximum absolute atomic E-state index is 11.8. The smallest absolute Gasteiger partial charge is 0.335 e. The van der Waals surface area contributed by atoms with Crippen LogP contribution in [0.25, 0.3) is 0 Å². The van der Waals surface area contributed by atoms with Gasteiger partial charge in [0.05, 0.1) is 19.6 Å². The molecule has 0 spiro atoms. The average molecular weight is 310 g/mol. The molecule has 0 aliphatic carbocycles. The first kappa shape index (κ1) is 18.0. The van der Waals surface area contributed by atoms with Crippen molar-refractivity contribution in [2.24, 2.45) is 0 Å². The highest BCUT2D eigenvalue weighted by Crippen LogP contribution is 2.15. The van der Waals surface area contributed by atoms with Crippen molar-refractivity contribution in [1.29, 1.82) is 0 Å². The minimum Gasteiger partial charge on any atom is -0.493 e. The third-order valence-corrected chi connectivity index (χ3v) is 2.85. The van der Waals surface area contributed by atoms with E-state index in [-0.39, 0.29) is 19.0 Å². The molecule has 1 rings (SSSR count). The third-order valence-electron chi connectivity index (χ3n) is 2.85. The van der Waals surface area contributed by atoms with Gasteiger partial charge in [-0.05, 0) is 31.5 Å². The Balaban J connectivity index is 2.56. The molecule has 0 radical (unpaired) electrons. The van der Waals surface area contributed by atoms with Crippen LogP contribution in [-0.4, -0.2) is 43.0 Å². The van der Waals surface area contributed by atoms with Crippen molar-refractivity contribution in [3.63, 3.8) is 0 Å². The molecule has 22 heavy (non-hydrogen) atoms. The van der Waals surface area contributed by atoms with Crippen molar-refractivity contribution in [3.8, 4) is 5.75 Å². The molecule has 1 aromatic rings. The Morgan fingerprint density at radius 3 is 2.36 bits per heavy atom. The number of esters is 1. The number of ether oxygens (including phenoxy) is 3. The van der Waals surface area contributed by atoms with Gasteiger partial charge in [0.1, 0.15) is 5.75 Å². The first-order valence-electron chi connectivity index (χ1n) is 7.28. The van der Waals surface area contributed by atoms with Gasteiger partial charge in [-0.15, -0.1) is 0 Å². The molecule has 0 aliphatic heterocycles. The Kier molecular flexibility index (Phi) is 7.99. The SMILES string of the molecule is CCOC(=O)[C@H](Cc1ccc(OCCC(=O)O)cc1)OCC. The zero-order valence-electron chi connectivity index (χ0n) is 12.9. The molecule has 0 unspecified atom stereocenters. The van der Waals surface area contributed by atoms with Crippen LogP contribution in [0.2, 0.25) is 0 Å². The predicted octanol–water partition coefficient (Wildman–Crippen LogP) is 2.05. The summed E-state index contributed by atoms with van der Waals surface area (Å²) in [4.78, 5) is 22.2. The van der Waals surface area contributed by atoms with Gasteiger partial charge >= 0.3 is 11.9 Å². The van der Waals surface area contributed by atoms with Gasteiger partial charge in [0.25, 0.3) is 0 Å². The summed E-state index contributed by atoms with van der Waals surface area (Å²) >= 11 is 0. The van der Waals surface area contributed by atoms with E-state index in [1.54, 1.807) is 19.1 Å². The average Bonchev–Trinajstić information content (AvgIpc) is 2.48. The number of hydrogen-bond donors (Lipinski definition) is 1. The lowest BCUT2D eigenvalue weighted by atomic mass is 10.1. The Hall–Kier alpha value is -2.08. The van der Waals surface area contributed by atoms with Gasteiger partial charge in [-0.2, -0.15) is 0 Å². The molecule has 122 valence electrons. The summed E-state index contributed by atoms with van der Waals surface area (Å²) in [6, 6.07) is 7.12. The van der Waals surface area contributed by atoms with Crippen LogP contribution in [0.1, 0.15) is 25.8 Å². The molecular formula is C16H22O6. The summed E-state index contributed by atoms with van der Waals surface area (Å²) in [6.07, 6.45) is -0.247. The summed E-state index contributed by atoms with van der Waals surface area (Å²) in [6.45, 7) is 4.45. The zero-order chi connectivity index (χ0) is 16.4. The van der Waals surface area contributed by atoms with Crippen LogP contribution in [0.3, 0.4) is 0 Å². The van der Waals surface area contributed by atoms with Gasteiger partial charge in [-0.3, -0.25) is 4.79 Å². The normalized spacial score (nSPS) is 11.7. The number of carbonyl (C=O) groups excluding carboxylic acids is 1. The Bertz CT molecular complexity index is 468. The molecule has 0 bridgehead atoms. The summed E-state index contributed by atoms with van der Waals surface area (Å²) in [5.41, 5.74) is 0.914. The van der Waals surface area contributed by atoms with E-state index in [1.807, 2.05) is 19.1 Å². The molecule has 0 heterocycles. The van der Waals surface area contributed by atoms with E-state index >= 15 is 0 Å². The maximum atomic E-state index is 11.8. The monoisotopic (exact) mass is 310 g/mol. The Labute approximate surface area is 130 Å². The van der Waals surface area contributed by atoms with Crippen LogP contribution < -0.4 is 4.74 Å². The maximum Gasteiger partial charge on any atom is 0.335 e. The molecule has 0 aromatic heterocycles. The summed E-state index contributed by atoms with van der Waals surface area (Å²) in [5, 5.41) is 8.54. The lowest BCUT2D eigenvalue weighted by Gasteiger charge is -2.15. The van der Waals surface area contributed by atoms with Crippen molar-refractivity contribution in [1.82, 2.24) is 0 Å². The van der Waals surface area contributed by atoms with Gasteiger partial charge in [-0.25, -0.2) is 4.79 Å². The van der Waals surface area contributed by atoms with Crippen molar-refractivity contribution < 1.29 is 28.9 Å². The van der Waals surface area contributed by atoms with Crippen LogP contribution in [0.4, 0.5) is 0 Å². The second kappa shape index (κ2) is 9.78. The van der Waals surface area contributed by atoms with Gasteiger partial charge in [-0.1, -0.05) is 12.1 Å². The molecule has 0 aliphatic rings. The Morgan fingerprint density at radius 2 is 1.82 bits per heavy atom. The number of carboxylic acids is 1. The van der Waals surface area contributed by atoms with E-state index in [0.717, 1.165) is 5.56 Å². The van der Waals surface area contributed by atoms with Crippen LogP contribution in [-0.2, 0) is 25.5 Å². The first-order chi connectivity index (χ1) is 10.6. The quantitative estimate of drug-likeness (QED) is 0.666. The highest BCUT2D eigenvalue weighted by Gasteiger charge is 2.20. The molecule has 0 saturated heterocycles. The molecule has 0 amide bonds. The first-order valence-corrected chi connectivity index (χ1v) is 7.28. The van der Waals surface area contributed by atoms with Crippen LogP contribution in [0, 0.1) is 0 Å². The topological polar surface area (TPSA) is 82.1 Å². The highest BCUT2D eigenvalue weighted by molar-refractivity contribution is 5.75. The van der Waals surface area contributed by atoms with Gasteiger partial charge < -0.3 is 19.3 Å². The molecule has 1 aromatic carbocycles. The Morgan fingerprint density at radius 1 is 1.14 bits per heavy atom. The van der Waals surface area contributed by atoms with E-state index in [2.05, 4.69) is 0 Å². The number of carbonyl (C=O) groups is 2. The minimum absolute atomic E-state index is 0.0446. The summed E-state index contributed by atoms with van der Waals surface area (Å²) in [5.74, 6) is -0.675. The molecule has 0 saturated carbocycles. The molecule has 6 nitrogen and oxygen atoms in total. The standard InChI is InChI=1S/C16H22O6/c1-3-20-14(16(19)21-4-2)11-12-5-7-13(8-6-12)22-10-9-15(17)18/h5-8,14H,3-4,9-11H2,1-2H3,(H,17,18)/t14-/m0/s1. The second-order valence-electron chi connectivity index (χ2n) is 4.54. The number of carboxylic acid groups (broad SMARTS) is 1. The van der Waals surface area contributed by atoms with E-state index < -0.39 is 12.1 Å². The predicted molar refractivity (Wildman–Crippen MR) is 79.9 cm³/mol. The van der Waals surface area contributed by atoms with Crippen molar-refractivity contribution >= 4 is 11.9 Å². The molecule has 1 atom stereocenters. The van der Waals surface area contributed by atoms with Crippen molar-refractivity contribution in [2.45, 2.75) is 32.8 Å². The zero-order valence-corrected chi connectivity index (χ0v) is 12.9. The lowest BCUT2D eigenvalue weighted by Crippen LogP contribution is -2.28. The van der Waals surface area contributed by atoms with E-state index in [9.17, 15) is 9.59 Å². The van der Waals surface area contributed by atoms with E-state index in [4.69, 9.17) is 19.3 Å². The number of benzene rings is 1. The van der Waals surface area contributed by atoms with Crippen molar-refractivity contribution in [2.75, 3.05) is 19.8 Å². The molecule has 0 fully saturated rings. The van der Waals surface area contributed by atoms with Crippen LogP contribution in [0.5, 0.6) is 5.75 Å². The highest BCUT2D eigenvalue weighted by atomic mass is 16.6. The second-order valence-corrected chi connectivity index (χ2v) is 4.54. The van der Waals surface area contributed by atoms with Gasteiger partial charge in [0.2, 0.25) is 0 Å². The third kappa shape index (κ3) is 6.58. The molecule has 1 N–H and O–H groups in total. The van der Waals surface area contributed by atoms with Gasteiger partial charge in [0, 0.05) is 13.0 Å². The molecular weight excluding hydrogens is 288 g/mol. The number of aliphatic carboxylic acids is 1. The minimum atomic E-state index is -0.898. The fourth-order valence-electron chi connectivity index (χ4n) is 1.84. The number of rotatable bonds is 10. The van der Waals surface area contributed by atoms with Crippen LogP contribution >= 0.6 is 0 Å². The van der Waals surface area contributed by atoms with E-state index in [0.29, 0.717) is 25.4 Å². The summed E-state index contributed by atoms with van der Waals surface area (Å²) < 4.78 is 15.7. The summed E-state index contributed by atoms with van der Waals surface area (Å²) in [7, 11) is 0. The largest absolute Gasteiger partial charge is 0.493 e. The van der Waals surface area contributed by atoms with Crippen molar-refractivity contribution in [3.05, 3.63) is 29.8 Å². The number of hydrogen-bond acceptors (Lipinski definition) is 5. The van der Waals surface area contributed by atoms with Gasteiger partial charge in [0.15, 0.2) is 6.10 Å². The van der Waals surface area contributed by atoms with E-state index in [1.165, 1.54) is 0 Å². The molecule has 6 heteroatoms. The fourth-order valence-corrected chi connectivity index (χ4v) is 1.84. The fraction of sp³-hybridized carbons (Fsp3) is 0.500. The lowest BCUT2D eigenvalue weighted by molar-refractivity contribution is -0.156. The van der Waals surface area contributed by atoms with Crippen LogP contribution in [0.15, 0.2) is 24.3 Å².